The first-order valence-electron chi connectivity index (χ1n) is 10.1. The van der Waals surface area contributed by atoms with Gasteiger partial charge in [-0.25, -0.2) is 0 Å². The van der Waals surface area contributed by atoms with Crippen molar-refractivity contribution in [2.24, 2.45) is 0 Å². The number of amides is 1. The number of benzene rings is 1. The highest BCUT2D eigenvalue weighted by Crippen LogP contribution is 2.28. The lowest BCUT2D eigenvalue weighted by molar-refractivity contribution is -0.145. The largest absolute Gasteiger partial charge is 0.464 e. The summed E-state index contributed by atoms with van der Waals surface area (Å²) < 4.78 is 10.2. The van der Waals surface area contributed by atoms with Crippen molar-refractivity contribution in [3.63, 3.8) is 0 Å². The maximum absolute atomic E-state index is 13.3. The van der Waals surface area contributed by atoms with Crippen molar-refractivity contribution in [3.05, 3.63) is 34.9 Å². The lowest BCUT2D eigenvalue weighted by atomic mass is 9.83. The van der Waals surface area contributed by atoms with Gasteiger partial charge in [0, 0.05) is 31.7 Å². The maximum atomic E-state index is 13.3. The molecule has 1 aromatic rings. The Bertz CT molecular complexity index is 659. The topological polar surface area (TPSA) is 55.8 Å². The lowest BCUT2D eigenvalue weighted by Gasteiger charge is -2.28. The second-order valence-corrected chi connectivity index (χ2v) is 8.84. The molecule has 0 saturated heterocycles. The number of methoxy groups -OCH3 is 1. The van der Waals surface area contributed by atoms with Crippen LogP contribution >= 0.6 is 0 Å². The Labute approximate surface area is 170 Å². The summed E-state index contributed by atoms with van der Waals surface area (Å²) in [6.07, 6.45) is 0.642. The summed E-state index contributed by atoms with van der Waals surface area (Å²) >= 11 is 0. The molecule has 0 heterocycles. The molecule has 0 aromatic heterocycles. The molecule has 0 aliphatic rings. The molecule has 1 aromatic carbocycles. The first kappa shape index (κ1) is 24.2. The smallest absolute Gasteiger partial charge is 0.325 e. The average Bonchev–Trinajstić information content (AvgIpc) is 2.61. The third kappa shape index (κ3) is 7.27. The summed E-state index contributed by atoms with van der Waals surface area (Å²) in [5, 5.41) is 0. The highest BCUT2D eigenvalue weighted by Gasteiger charge is 2.25. The van der Waals surface area contributed by atoms with E-state index in [9.17, 15) is 9.59 Å². The van der Waals surface area contributed by atoms with E-state index in [0.29, 0.717) is 31.1 Å². The van der Waals surface area contributed by atoms with Gasteiger partial charge in [0.05, 0.1) is 6.61 Å². The van der Waals surface area contributed by atoms with Crippen LogP contribution in [0.25, 0.3) is 0 Å². The molecule has 158 valence electrons. The maximum Gasteiger partial charge on any atom is 0.325 e. The molecule has 0 radical (unpaired) electrons. The number of hydrogen-bond donors (Lipinski definition) is 0. The number of carbonyl (C=O) groups excluding carboxylic acids is 2. The fourth-order valence-corrected chi connectivity index (χ4v) is 2.77. The van der Waals surface area contributed by atoms with Gasteiger partial charge in [0.1, 0.15) is 6.54 Å². The Morgan fingerprint density at radius 1 is 1.04 bits per heavy atom. The average molecular weight is 392 g/mol. The minimum absolute atomic E-state index is 0.0553. The Morgan fingerprint density at radius 2 is 1.68 bits per heavy atom. The SMILES string of the molecule is COCCCOC(=O)CN(C(=O)c1cc(C(C)C)cc(C(C)(C)C)c1)C(C)C. The normalized spacial score (nSPS) is 11.8. The van der Waals surface area contributed by atoms with E-state index < -0.39 is 5.97 Å². The van der Waals surface area contributed by atoms with Gasteiger partial charge in [-0.3, -0.25) is 9.59 Å². The highest BCUT2D eigenvalue weighted by atomic mass is 16.5. The van der Waals surface area contributed by atoms with E-state index in [1.807, 2.05) is 26.0 Å². The Morgan fingerprint density at radius 3 is 2.18 bits per heavy atom. The predicted molar refractivity (Wildman–Crippen MR) is 113 cm³/mol. The van der Waals surface area contributed by atoms with Gasteiger partial charge in [-0.15, -0.1) is 0 Å². The first-order chi connectivity index (χ1) is 13.0. The number of esters is 1. The number of ether oxygens (including phenoxy) is 2. The molecule has 0 saturated carbocycles. The molecule has 5 nitrogen and oxygen atoms in total. The summed E-state index contributed by atoms with van der Waals surface area (Å²) in [4.78, 5) is 27.0. The van der Waals surface area contributed by atoms with Gasteiger partial charge in [0.2, 0.25) is 0 Å². The molecule has 28 heavy (non-hydrogen) atoms. The Balaban J connectivity index is 3.06. The van der Waals surface area contributed by atoms with Crippen molar-refractivity contribution in [2.45, 2.75) is 72.3 Å². The summed E-state index contributed by atoms with van der Waals surface area (Å²) in [6, 6.07) is 5.96. The van der Waals surface area contributed by atoms with Crippen molar-refractivity contribution >= 4 is 11.9 Å². The fourth-order valence-electron chi connectivity index (χ4n) is 2.77. The van der Waals surface area contributed by atoms with Crippen molar-refractivity contribution in [1.29, 1.82) is 0 Å². The van der Waals surface area contributed by atoms with Gasteiger partial charge in [0.15, 0.2) is 0 Å². The van der Waals surface area contributed by atoms with Gasteiger partial charge in [0.25, 0.3) is 5.91 Å². The van der Waals surface area contributed by atoms with E-state index in [1.54, 1.807) is 12.0 Å². The molecule has 0 N–H and O–H groups in total. The van der Waals surface area contributed by atoms with Crippen LogP contribution in [0.4, 0.5) is 0 Å². The molecule has 5 heteroatoms. The van der Waals surface area contributed by atoms with Crippen LogP contribution in [-0.2, 0) is 19.7 Å². The van der Waals surface area contributed by atoms with E-state index in [-0.39, 0.29) is 23.9 Å². The van der Waals surface area contributed by atoms with E-state index in [0.717, 1.165) is 11.1 Å². The van der Waals surface area contributed by atoms with Crippen LogP contribution in [0.3, 0.4) is 0 Å². The number of nitrogens with zero attached hydrogens (tertiary/aromatic N) is 1. The minimum Gasteiger partial charge on any atom is -0.464 e. The van der Waals surface area contributed by atoms with Crippen molar-refractivity contribution < 1.29 is 19.1 Å². The molecule has 0 spiro atoms. The molecule has 1 rings (SSSR count). The van der Waals surface area contributed by atoms with Crippen molar-refractivity contribution in [2.75, 3.05) is 26.9 Å². The monoisotopic (exact) mass is 391 g/mol. The second-order valence-electron chi connectivity index (χ2n) is 8.84. The zero-order valence-electron chi connectivity index (χ0n) is 18.8. The summed E-state index contributed by atoms with van der Waals surface area (Å²) in [6.45, 7) is 15.2. The van der Waals surface area contributed by atoms with Crippen LogP contribution in [0, 0.1) is 0 Å². The van der Waals surface area contributed by atoms with Gasteiger partial charge in [-0.1, -0.05) is 40.7 Å². The second kappa shape index (κ2) is 10.6. The molecule has 1 amide bonds. The molecule has 0 aliphatic carbocycles. The quantitative estimate of drug-likeness (QED) is 0.458. The first-order valence-corrected chi connectivity index (χ1v) is 10.1. The zero-order chi connectivity index (χ0) is 21.5. The van der Waals surface area contributed by atoms with Crippen molar-refractivity contribution in [1.82, 2.24) is 4.90 Å². The molecule has 0 fully saturated rings. The molecular weight excluding hydrogens is 354 g/mol. The predicted octanol–water partition coefficient (Wildman–Crippen LogP) is 4.54. The van der Waals surface area contributed by atoms with E-state index in [4.69, 9.17) is 9.47 Å². The van der Waals surface area contributed by atoms with Crippen LogP contribution in [-0.4, -0.2) is 49.7 Å². The van der Waals surface area contributed by atoms with Gasteiger partial charge in [-0.2, -0.15) is 0 Å². The molecule has 0 aliphatic heterocycles. The summed E-state index contributed by atoms with van der Waals surface area (Å²) in [7, 11) is 1.61. The number of carbonyl (C=O) groups is 2. The number of hydrogen-bond acceptors (Lipinski definition) is 4. The van der Waals surface area contributed by atoms with E-state index >= 15 is 0 Å². The summed E-state index contributed by atoms with van der Waals surface area (Å²) in [5.74, 6) is -0.224. The van der Waals surface area contributed by atoms with Crippen molar-refractivity contribution in [3.8, 4) is 0 Å². The van der Waals surface area contributed by atoms with Crippen LogP contribution in [0.15, 0.2) is 18.2 Å². The fraction of sp³-hybridized carbons (Fsp3) is 0.652. The Hall–Kier alpha value is -1.88. The van der Waals surface area contributed by atoms with E-state index in [2.05, 4.69) is 40.7 Å². The highest BCUT2D eigenvalue weighted by molar-refractivity contribution is 5.96. The van der Waals surface area contributed by atoms with Crippen LogP contribution < -0.4 is 0 Å². The standard InChI is InChI=1S/C23H37NO4/c1-16(2)18-12-19(14-20(13-18)23(5,6)7)22(26)24(17(3)4)15-21(25)28-11-9-10-27-8/h12-14,16-17H,9-11,15H2,1-8H3. The zero-order valence-corrected chi connectivity index (χ0v) is 18.8. The van der Waals surface area contributed by atoms with Crippen LogP contribution in [0.2, 0.25) is 0 Å². The Kier molecular flexibility index (Phi) is 9.15. The van der Waals surface area contributed by atoms with Crippen LogP contribution in [0.1, 0.15) is 82.3 Å². The van der Waals surface area contributed by atoms with Gasteiger partial charge >= 0.3 is 5.97 Å². The molecular formula is C23H37NO4. The summed E-state index contributed by atoms with van der Waals surface area (Å²) in [5.41, 5.74) is 2.80. The third-order valence-corrected chi connectivity index (χ3v) is 4.67. The lowest BCUT2D eigenvalue weighted by Crippen LogP contribution is -2.41. The third-order valence-electron chi connectivity index (χ3n) is 4.67. The molecule has 0 atom stereocenters. The molecule has 0 unspecified atom stereocenters. The molecule has 0 bridgehead atoms. The van der Waals surface area contributed by atoms with Gasteiger partial charge in [-0.05, 0) is 48.4 Å². The number of rotatable bonds is 9. The van der Waals surface area contributed by atoms with E-state index in [1.165, 1.54) is 0 Å². The van der Waals surface area contributed by atoms with Crippen LogP contribution in [0.5, 0.6) is 0 Å². The van der Waals surface area contributed by atoms with Gasteiger partial charge < -0.3 is 14.4 Å². The minimum atomic E-state index is -0.394.